The number of carbonyl (C=O) groups excluding carboxylic acids is 2. The van der Waals surface area contributed by atoms with Crippen molar-refractivity contribution in [2.45, 2.75) is 116 Å². The monoisotopic (exact) mass is 492 g/mol. The molecule has 0 saturated heterocycles. The molecule has 3 amide bonds. The van der Waals surface area contributed by atoms with Crippen molar-refractivity contribution in [1.82, 2.24) is 10.6 Å². The maximum absolute atomic E-state index is 12.5. The number of hydrogen-bond acceptors (Lipinski definition) is 2. The summed E-state index contributed by atoms with van der Waals surface area (Å²) in [7, 11) is 0. The third-order valence-corrected chi connectivity index (χ3v) is 6.80. The molecule has 4 nitrogen and oxygen atoms in total. The van der Waals surface area contributed by atoms with Crippen LogP contribution in [0.4, 0.5) is 4.79 Å². The van der Waals surface area contributed by atoms with Gasteiger partial charge in [-0.3, -0.25) is 10.1 Å². The van der Waals surface area contributed by atoms with Gasteiger partial charge < -0.3 is 5.32 Å². The van der Waals surface area contributed by atoms with E-state index >= 15 is 0 Å². The van der Waals surface area contributed by atoms with Crippen molar-refractivity contribution in [2.75, 3.05) is 0 Å². The van der Waals surface area contributed by atoms with Gasteiger partial charge in [0.1, 0.15) is 0 Å². The Bertz CT molecular complexity index is 783. The first-order chi connectivity index (χ1) is 17.7. The molecule has 0 spiro atoms. The molecule has 0 heterocycles. The second-order valence-electron chi connectivity index (χ2n) is 9.98. The molecule has 2 aromatic rings. The third kappa shape index (κ3) is 13.5. The van der Waals surface area contributed by atoms with E-state index in [-0.39, 0.29) is 11.9 Å². The van der Waals surface area contributed by atoms with Crippen LogP contribution in [0.5, 0.6) is 0 Å². The van der Waals surface area contributed by atoms with Gasteiger partial charge in [0.05, 0.1) is 6.04 Å². The molecule has 0 aliphatic carbocycles. The van der Waals surface area contributed by atoms with E-state index in [9.17, 15) is 9.59 Å². The Balaban J connectivity index is 1.51. The maximum atomic E-state index is 12.5. The molecule has 0 radical (unpaired) electrons. The summed E-state index contributed by atoms with van der Waals surface area (Å²) < 4.78 is 0. The van der Waals surface area contributed by atoms with Crippen molar-refractivity contribution in [2.24, 2.45) is 0 Å². The first kappa shape index (κ1) is 29.6. The van der Waals surface area contributed by atoms with E-state index in [1.54, 1.807) is 0 Å². The van der Waals surface area contributed by atoms with Crippen molar-refractivity contribution in [3.63, 3.8) is 0 Å². The molecule has 4 heteroatoms. The lowest BCUT2D eigenvalue weighted by Gasteiger charge is -2.20. The molecular weight excluding hydrogens is 444 g/mol. The Kier molecular flexibility index (Phi) is 16.1. The molecule has 0 aromatic heterocycles. The number of unbranched alkanes of at least 4 members (excludes halogenated alkanes) is 14. The van der Waals surface area contributed by atoms with E-state index in [2.05, 4.69) is 17.6 Å². The molecule has 0 bridgehead atoms. The quantitative estimate of drug-likeness (QED) is 0.192. The number of amides is 3. The van der Waals surface area contributed by atoms with Crippen LogP contribution in [0, 0.1) is 0 Å². The maximum Gasteiger partial charge on any atom is 0.322 e. The summed E-state index contributed by atoms with van der Waals surface area (Å²) >= 11 is 0. The largest absolute Gasteiger partial charge is 0.327 e. The molecule has 2 N–H and O–H groups in total. The Morgan fingerprint density at radius 2 is 0.972 bits per heavy atom. The van der Waals surface area contributed by atoms with Crippen LogP contribution in [0.1, 0.15) is 127 Å². The van der Waals surface area contributed by atoms with E-state index in [0.29, 0.717) is 6.42 Å². The highest BCUT2D eigenvalue weighted by atomic mass is 16.2. The van der Waals surface area contributed by atoms with Gasteiger partial charge in [0, 0.05) is 6.42 Å². The van der Waals surface area contributed by atoms with Crippen LogP contribution in [-0.4, -0.2) is 11.9 Å². The Hall–Kier alpha value is -2.62. The van der Waals surface area contributed by atoms with E-state index in [4.69, 9.17) is 0 Å². The highest BCUT2D eigenvalue weighted by molar-refractivity contribution is 5.94. The average Bonchev–Trinajstić information content (AvgIpc) is 2.90. The highest BCUT2D eigenvalue weighted by Gasteiger charge is 2.17. The van der Waals surface area contributed by atoms with Crippen LogP contribution < -0.4 is 10.6 Å². The van der Waals surface area contributed by atoms with Gasteiger partial charge in [-0.05, 0) is 17.5 Å². The lowest BCUT2D eigenvalue weighted by Crippen LogP contribution is -2.41. The molecule has 36 heavy (non-hydrogen) atoms. The van der Waals surface area contributed by atoms with Gasteiger partial charge in [0.25, 0.3) is 0 Å². The zero-order valence-electron chi connectivity index (χ0n) is 22.5. The second kappa shape index (κ2) is 19.6. The number of urea groups is 1. The standard InChI is InChI=1S/C32H48N2O2/c1-2-3-4-5-6-7-8-9-10-11-12-13-14-15-22-27-30(35)33-32(36)34-31(28-23-18-16-19-24-28)29-25-20-17-21-26-29/h16-21,23-26,31H,2-15,22,27H2,1H3,(H2,33,34,35,36). The summed E-state index contributed by atoms with van der Waals surface area (Å²) in [5.41, 5.74) is 1.96. The van der Waals surface area contributed by atoms with Gasteiger partial charge in [0.15, 0.2) is 0 Å². The van der Waals surface area contributed by atoms with Crippen LogP contribution in [0.15, 0.2) is 60.7 Å². The number of carbonyl (C=O) groups is 2. The van der Waals surface area contributed by atoms with Crippen LogP contribution in [0.25, 0.3) is 0 Å². The van der Waals surface area contributed by atoms with Crippen LogP contribution in [-0.2, 0) is 4.79 Å². The van der Waals surface area contributed by atoms with Gasteiger partial charge >= 0.3 is 6.03 Å². The van der Waals surface area contributed by atoms with Crippen LogP contribution >= 0.6 is 0 Å². The van der Waals surface area contributed by atoms with Crippen molar-refractivity contribution in [1.29, 1.82) is 0 Å². The molecular formula is C32H48N2O2. The molecule has 198 valence electrons. The Labute approximate surface area is 219 Å². The zero-order valence-corrected chi connectivity index (χ0v) is 22.5. The van der Waals surface area contributed by atoms with E-state index in [1.807, 2.05) is 60.7 Å². The summed E-state index contributed by atoms with van der Waals surface area (Å²) in [6.07, 6.45) is 19.8. The lowest BCUT2D eigenvalue weighted by molar-refractivity contribution is -0.120. The number of imide groups is 1. The summed E-state index contributed by atoms with van der Waals surface area (Å²) in [5.74, 6) is -0.206. The molecule has 0 atom stereocenters. The van der Waals surface area contributed by atoms with E-state index < -0.39 is 6.03 Å². The second-order valence-corrected chi connectivity index (χ2v) is 9.98. The summed E-state index contributed by atoms with van der Waals surface area (Å²) in [6, 6.07) is 18.9. The lowest BCUT2D eigenvalue weighted by atomic mass is 9.99. The molecule has 0 unspecified atom stereocenters. The van der Waals surface area contributed by atoms with Gasteiger partial charge in [-0.1, -0.05) is 157 Å². The normalized spacial score (nSPS) is 10.9. The van der Waals surface area contributed by atoms with E-state index in [1.165, 1.54) is 83.5 Å². The van der Waals surface area contributed by atoms with Crippen molar-refractivity contribution < 1.29 is 9.59 Å². The first-order valence-corrected chi connectivity index (χ1v) is 14.4. The number of hydrogen-bond donors (Lipinski definition) is 2. The summed E-state index contributed by atoms with van der Waals surface area (Å²) in [5, 5.41) is 5.47. The molecule has 0 aliphatic heterocycles. The van der Waals surface area contributed by atoms with Gasteiger partial charge in [-0.15, -0.1) is 0 Å². The van der Waals surface area contributed by atoms with Gasteiger partial charge in [-0.25, -0.2) is 4.79 Å². The number of nitrogens with one attached hydrogen (secondary N) is 2. The average molecular weight is 493 g/mol. The third-order valence-electron chi connectivity index (χ3n) is 6.80. The minimum Gasteiger partial charge on any atom is -0.327 e. The molecule has 0 saturated carbocycles. The van der Waals surface area contributed by atoms with E-state index in [0.717, 1.165) is 24.0 Å². The predicted octanol–water partition coefficient (Wildman–Crippen LogP) is 8.86. The molecule has 2 rings (SSSR count). The number of rotatable bonds is 19. The van der Waals surface area contributed by atoms with Crippen molar-refractivity contribution >= 4 is 11.9 Å². The van der Waals surface area contributed by atoms with Gasteiger partial charge in [-0.2, -0.15) is 0 Å². The number of benzene rings is 2. The van der Waals surface area contributed by atoms with Crippen molar-refractivity contribution in [3.05, 3.63) is 71.8 Å². The first-order valence-electron chi connectivity index (χ1n) is 14.4. The topological polar surface area (TPSA) is 58.2 Å². The fourth-order valence-electron chi connectivity index (χ4n) is 4.66. The minimum absolute atomic E-state index is 0.206. The fraction of sp³-hybridized carbons (Fsp3) is 0.562. The molecule has 2 aromatic carbocycles. The smallest absolute Gasteiger partial charge is 0.322 e. The molecule has 0 aliphatic rings. The van der Waals surface area contributed by atoms with Crippen LogP contribution in [0.2, 0.25) is 0 Å². The fourth-order valence-corrected chi connectivity index (χ4v) is 4.66. The SMILES string of the molecule is CCCCCCCCCCCCCCCCCC(=O)NC(=O)NC(c1ccccc1)c1ccccc1. The summed E-state index contributed by atoms with van der Waals surface area (Å²) in [4.78, 5) is 24.8. The zero-order chi connectivity index (χ0) is 25.7. The van der Waals surface area contributed by atoms with Crippen LogP contribution in [0.3, 0.4) is 0 Å². The Morgan fingerprint density at radius 3 is 1.39 bits per heavy atom. The Morgan fingerprint density at radius 1 is 0.583 bits per heavy atom. The predicted molar refractivity (Wildman–Crippen MR) is 151 cm³/mol. The minimum atomic E-state index is -0.446. The molecule has 0 fully saturated rings. The highest BCUT2D eigenvalue weighted by Crippen LogP contribution is 2.21. The van der Waals surface area contributed by atoms with Gasteiger partial charge in [0.2, 0.25) is 5.91 Å². The summed E-state index contributed by atoms with van der Waals surface area (Å²) in [6.45, 7) is 2.27. The van der Waals surface area contributed by atoms with Crippen molar-refractivity contribution in [3.8, 4) is 0 Å².